The molecular formula is C32H28ClF2N7O6S. The number of carbonyl (C=O) groups is 3. The molecule has 3 N–H and O–H groups in total. The van der Waals surface area contributed by atoms with E-state index in [9.17, 15) is 27.2 Å². The average molecular weight is 712 g/mol. The van der Waals surface area contributed by atoms with E-state index in [0.29, 0.717) is 11.3 Å². The zero-order valence-electron chi connectivity index (χ0n) is 25.7. The summed E-state index contributed by atoms with van der Waals surface area (Å²) in [4.78, 5) is 38.3. The van der Waals surface area contributed by atoms with Crippen molar-refractivity contribution in [1.82, 2.24) is 24.6 Å². The molecule has 254 valence electrons. The van der Waals surface area contributed by atoms with Crippen LogP contribution in [0.15, 0.2) is 77.5 Å². The number of urea groups is 1. The van der Waals surface area contributed by atoms with Crippen LogP contribution in [0, 0.1) is 5.82 Å². The van der Waals surface area contributed by atoms with Gasteiger partial charge in [-0.05, 0) is 30.3 Å². The lowest BCUT2D eigenvalue weighted by Crippen LogP contribution is -2.44. The molecule has 3 amide bonds. The summed E-state index contributed by atoms with van der Waals surface area (Å²) in [6, 6.07) is 14.8. The molecule has 0 aliphatic carbocycles. The Balaban J connectivity index is 1.21. The Bertz CT molecular complexity index is 2180. The maximum absolute atomic E-state index is 15.5. The van der Waals surface area contributed by atoms with Gasteiger partial charge in [-0.15, -0.1) is 0 Å². The van der Waals surface area contributed by atoms with Crippen LogP contribution in [0.3, 0.4) is 0 Å². The fourth-order valence-electron chi connectivity index (χ4n) is 5.55. The maximum atomic E-state index is 15.5. The van der Waals surface area contributed by atoms with Crippen LogP contribution in [0.1, 0.15) is 29.5 Å². The van der Waals surface area contributed by atoms with Gasteiger partial charge in [-0.1, -0.05) is 47.1 Å². The molecule has 1 saturated heterocycles. The van der Waals surface area contributed by atoms with E-state index in [-0.39, 0.29) is 45.1 Å². The van der Waals surface area contributed by atoms with Gasteiger partial charge in [0.15, 0.2) is 17.5 Å². The van der Waals surface area contributed by atoms with Crippen molar-refractivity contribution in [3.05, 3.63) is 95.2 Å². The van der Waals surface area contributed by atoms with Crippen LogP contribution in [0.2, 0.25) is 5.02 Å². The first-order valence-electron chi connectivity index (χ1n) is 14.8. The number of carbonyl (C=O) groups excluding carboxylic acids is 3. The van der Waals surface area contributed by atoms with Crippen LogP contribution < -0.4 is 16.0 Å². The molecule has 1 aliphatic rings. The molecule has 3 aromatic carbocycles. The second-order valence-corrected chi connectivity index (χ2v) is 13.5. The van der Waals surface area contributed by atoms with E-state index < -0.39 is 64.6 Å². The fourth-order valence-corrected chi connectivity index (χ4v) is 7.40. The molecule has 0 unspecified atom stereocenters. The number of sulfonamides is 1. The van der Waals surface area contributed by atoms with Gasteiger partial charge < -0.3 is 20.5 Å². The van der Waals surface area contributed by atoms with Crippen molar-refractivity contribution in [2.75, 3.05) is 17.2 Å². The third kappa shape index (κ3) is 7.16. The summed E-state index contributed by atoms with van der Waals surface area (Å²) in [6.07, 6.45) is -0.762. The molecule has 1 fully saturated rings. The van der Waals surface area contributed by atoms with Gasteiger partial charge in [-0.2, -0.15) is 9.40 Å². The molecule has 0 bridgehead atoms. The largest absolute Gasteiger partial charge is 0.364 e. The van der Waals surface area contributed by atoms with E-state index in [1.165, 1.54) is 49.6 Å². The second-order valence-electron chi connectivity index (χ2n) is 11.2. The van der Waals surface area contributed by atoms with Gasteiger partial charge in [0.25, 0.3) is 0 Å². The van der Waals surface area contributed by atoms with E-state index >= 15 is 4.39 Å². The number of hydrogen-bond acceptors (Lipinski definition) is 8. The molecule has 2 aromatic heterocycles. The number of Topliss-reactive ketones (excluding diaryl/α,β-unsaturated/α-hetero) is 1. The predicted octanol–water partition coefficient (Wildman–Crippen LogP) is 5.35. The highest BCUT2D eigenvalue weighted by atomic mass is 35.5. The standard InChI is InChI=1S/C32H28ClF2N7O6S/c1-18(43)30-24-14-20(37-32(45)36-15-21-11-12-48-40-21)9-10-27(24)41(39-30)17-49(46,47)42-16-19(34)13-28(42)31(44)38-26-8-4-6-23(29(26)35)22-5-2-3-7-25(22)33/h2-12,14,19,28H,13,15-17H2,1H3,(H,38,44)(H2,36,37,45)/t19-,28+/m1/s1. The minimum Gasteiger partial charge on any atom is -0.364 e. The molecule has 3 heterocycles. The van der Waals surface area contributed by atoms with Crippen LogP contribution >= 0.6 is 11.6 Å². The van der Waals surface area contributed by atoms with Crippen molar-refractivity contribution < 1.29 is 36.1 Å². The maximum Gasteiger partial charge on any atom is 0.319 e. The Labute approximate surface area is 283 Å². The minimum absolute atomic E-state index is 0.0650. The van der Waals surface area contributed by atoms with Crippen molar-refractivity contribution in [1.29, 1.82) is 0 Å². The number of amides is 3. The molecule has 13 nitrogen and oxygen atoms in total. The summed E-state index contributed by atoms with van der Waals surface area (Å²) < 4.78 is 64.3. The number of nitrogens with zero attached hydrogens (tertiary/aromatic N) is 4. The minimum atomic E-state index is -4.44. The number of halogens is 3. The number of nitrogens with one attached hydrogen (secondary N) is 3. The number of alkyl halides is 1. The van der Waals surface area contributed by atoms with Crippen molar-refractivity contribution in [3.8, 4) is 11.1 Å². The Kier molecular flexibility index (Phi) is 9.45. The Hall–Kier alpha value is -5.19. The Morgan fingerprint density at radius 2 is 1.82 bits per heavy atom. The second kappa shape index (κ2) is 13.7. The summed E-state index contributed by atoms with van der Waals surface area (Å²) >= 11 is 6.24. The molecule has 6 rings (SSSR count). The molecular weight excluding hydrogens is 684 g/mol. The van der Waals surface area contributed by atoms with Crippen LogP contribution in [-0.2, 0) is 27.2 Å². The van der Waals surface area contributed by atoms with Crippen molar-refractivity contribution in [3.63, 3.8) is 0 Å². The number of ketones is 1. The topological polar surface area (TPSA) is 169 Å². The van der Waals surface area contributed by atoms with Gasteiger partial charge >= 0.3 is 6.03 Å². The lowest BCUT2D eigenvalue weighted by molar-refractivity contribution is -0.119. The first-order chi connectivity index (χ1) is 23.4. The molecule has 0 saturated carbocycles. The highest BCUT2D eigenvalue weighted by Crippen LogP contribution is 2.34. The van der Waals surface area contributed by atoms with Gasteiger partial charge in [-0.25, -0.2) is 26.7 Å². The first kappa shape index (κ1) is 33.7. The number of anilines is 2. The van der Waals surface area contributed by atoms with Gasteiger partial charge in [0.2, 0.25) is 15.9 Å². The van der Waals surface area contributed by atoms with E-state index in [1.54, 1.807) is 30.3 Å². The van der Waals surface area contributed by atoms with Gasteiger partial charge in [-0.3, -0.25) is 9.59 Å². The van der Waals surface area contributed by atoms with Crippen LogP contribution in [0.5, 0.6) is 0 Å². The zero-order valence-corrected chi connectivity index (χ0v) is 27.3. The summed E-state index contributed by atoms with van der Waals surface area (Å²) in [5, 5.41) is 16.1. The van der Waals surface area contributed by atoms with Crippen LogP contribution in [0.25, 0.3) is 22.0 Å². The van der Waals surface area contributed by atoms with Gasteiger partial charge in [0.1, 0.15) is 29.9 Å². The number of benzene rings is 3. The Morgan fingerprint density at radius 1 is 1.04 bits per heavy atom. The smallest absolute Gasteiger partial charge is 0.319 e. The molecule has 0 spiro atoms. The van der Waals surface area contributed by atoms with E-state index in [1.807, 2.05) is 0 Å². The summed E-state index contributed by atoms with van der Waals surface area (Å²) in [5.41, 5.74) is 1.22. The number of aromatic nitrogens is 3. The monoisotopic (exact) mass is 711 g/mol. The van der Waals surface area contributed by atoms with E-state index in [0.717, 1.165) is 8.99 Å². The average Bonchev–Trinajstić information content (AvgIpc) is 3.81. The molecule has 17 heteroatoms. The lowest BCUT2D eigenvalue weighted by Gasteiger charge is -2.23. The lowest BCUT2D eigenvalue weighted by atomic mass is 10.0. The normalized spacial score (nSPS) is 16.5. The predicted molar refractivity (Wildman–Crippen MR) is 177 cm³/mol. The number of rotatable bonds is 10. The van der Waals surface area contributed by atoms with Crippen molar-refractivity contribution in [2.45, 2.75) is 38.0 Å². The Morgan fingerprint density at radius 3 is 2.55 bits per heavy atom. The third-order valence-electron chi connectivity index (χ3n) is 7.83. The molecule has 5 aromatic rings. The summed E-state index contributed by atoms with van der Waals surface area (Å²) in [5.74, 6) is -3.04. The number of fused-ring (bicyclic) bond motifs is 1. The SMILES string of the molecule is CC(=O)c1nn(CS(=O)(=O)N2C[C@H](F)C[C@H]2C(=O)Nc2cccc(-c3ccccc3Cl)c2F)c2ccc(NC(=O)NCc3ccon3)cc12. The van der Waals surface area contributed by atoms with E-state index in [2.05, 4.69) is 26.2 Å². The fraction of sp³-hybridized carbons (Fsp3) is 0.219. The van der Waals surface area contributed by atoms with Crippen molar-refractivity contribution >= 4 is 61.6 Å². The molecule has 1 aliphatic heterocycles. The highest BCUT2D eigenvalue weighted by molar-refractivity contribution is 7.88. The van der Waals surface area contributed by atoms with Gasteiger partial charge in [0.05, 0.1) is 17.7 Å². The number of hydrogen-bond donors (Lipinski definition) is 3. The summed E-state index contributed by atoms with van der Waals surface area (Å²) in [7, 11) is -4.44. The van der Waals surface area contributed by atoms with Crippen LogP contribution in [0.4, 0.5) is 25.0 Å². The molecule has 2 atom stereocenters. The van der Waals surface area contributed by atoms with E-state index in [4.69, 9.17) is 16.1 Å². The molecule has 49 heavy (non-hydrogen) atoms. The van der Waals surface area contributed by atoms with Crippen LogP contribution in [-0.4, -0.2) is 64.1 Å². The first-order valence-corrected chi connectivity index (χ1v) is 16.8. The van der Waals surface area contributed by atoms with Crippen molar-refractivity contribution in [2.24, 2.45) is 0 Å². The van der Waals surface area contributed by atoms with Gasteiger partial charge in [0, 0.05) is 53.2 Å². The quantitative estimate of drug-likeness (QED) is 0.163. The highest BCUT2D eigenvalue weighted by Gasteiger charge is 2.44. The zero-order chi connectivity index (χ0) is 34.9. The third-order valence-corrected chi connectivity index (χ3v) is 9.85. The molecule has 0 radical (unpaired) electrons. The summed E-state index contributed by atoms with van der Waals surface area (Å²) in [6.45, 7) is 0.733.